The van der Waals surface area contributed by atoms with Crippen LogP contribution in [0.15, 0.2) is 27.7 Å². The van der Waals surface area contributed by atoms with Gasteiger partial charge in [0.25, 0.3) is 5.91 Å². The zero-order chi connectivity index (χ0) is 19.1. The lowest BCUT2D eigenvalue weighted by molar-refractivity contribution is -0.908. The van der Waals surface area contributed by atoms with Crippen LogP contribution in [-0.2, 0) is 14.3 Å². The van der Waals surface area contributed by atoms with E-state index in [1.54, 1.807) is 24.5 Å². The van der Waals surface area contributed by atoms with Crippen LogP contribution >= 0.6 is 24.0 Å². The van der Waals surface area contributed by atoms with Crippen molar-refractivity contribution in [3.05, 3.63) is 29.1 Å². The summed E-state index contributed by atoms with van der Waals surface area (Å²) in [5.74, 6) is 0.372. The van der Waals surface area contributed by atoms with Crippen LogP contribution in [0.5, 0.6) is 0 Å². The Labute approximate surface area is 168 Å². The highest BCUT2D eigenvalue weighted by molar-refractivity contribution is 8.26. The quantitative estimate of drug-likeness (QED) is 0.365. The van der Waals surface area contributed by atoms with Crippen molar-refractivity contribution in [2.75, 3.05) is 45.9 Å². The molecule has 2 aliphatic rings. The Kier molecular flexibility index (Phi) is 7.45. The summed E-state index contributed by atoms with van der Waals surface area (Å²) < 4.78 is 11.0. The Morgan fingerprint density at radius 2 is 2.22 bits per heavy atom. The molecule has 0 bridgehead atoms. The predicted octanol–water partition coefficient (Wildman–Crippen LogP) is 0.292. The van der Waals surface area contributed by atoms with Gasteiger partial charge in [0, 0.05) is 32.0 Å². The third kappa shape index (κ3) is 5.90. The Hall–Kier alpha value is -1.68. The van der Waals surface area contributed by atoms with E-state index in [2.05, 4.69) is 5.32 Å². The molecule has 2 saturated heterocycles. The molecule has 2 fully saturated rings. The first-order valence-corrected chi connectivity index (χ1v) is 10.3. The lowest BCUT2D eigenvalue weighted by Gasteiger charge is -2.23. The summed E-state index contributed by atoms with van der Waals surface area (Å²) in [6.07, 6.45) is 4.41. The molecule has 0 aliphatic carbocycles. The Bertz CT molecular complexity index is 699. The maximum absolute atomic E-state index is 12.5. The third-order valence-electron chi connectivity index (χ3n) is 4.48. The smallest absolute Gasteiger partial charge is 0.266 e. The van der Waals surface area contributed by atoms with Gasteiger partial charge in [-0.25, -0.2) is 0 Å². The number of hydrogen-bond donors (Lipinski definition) is 2. The first-order chi connectivity index (χ1) is 13.1. The van der Waals surface area contributed by atoms with Crippen molar-refractivity contribution in [1.82, 2.24) is 10.2 Å². The summed E-state index contributed by atoms with van der Waals surface area (Å²) in [6, 6.07) is 3.54. The molecule has 2 amide bonds. The van der Waals surface area contributed by atoms with E-state index in [9.17, 15) is 9.59 Å². The molecule has 0 saturated carbocycles. The number of ether oxygens (including phenoxy) is 1. The van der Waals surface area contributed by atoms with E-state index in [1.165, 1.54) is 21.6 Å². The summed E-state index contributed by atoms with van der Waals surface area (Å²) in [4.78, 5) is 28.0. The van der Waals surface area contributed by atoms with Crippen molar-refractivity contribution in [2.45, 2.75) is 12.8 Å². The van der Waals surface area contributed by atoms with Gasteiger partial charge in [-0.1, -0.05) is 24.0 Å². The second kappa shape index (κ2) is 10.0. The number of nitrogens with zero attached hydrogens (tertiary/aromatic N) is 1. The summed E-state index contributed by atoms with van der Waals surface area (Å²) in [6.45, 7) is 5.69. The van der Waals surface area contributed by atoms with Crippen LogP contribution in [0.2, 0.25) is 0 Å². The van der Waals surface area contributed by atoms with Crippen LogP contribution in [0.3, 0.4) is 0 Å². The molecule has 1 aromatic heterocycles. The molecule has 9 heteroatoms. The number of nitrogens with one attached hydrogen (secondary N) is 2. The molecule has 7 nitrogen and oxygen atoms in total. The highest BCUT2D eigenvalue weighted by Crippen LogP contribution is 2.32. The number of carbonyl (C=O) groups is 2. The van der Waals surface area contributed by atoms with Gasteiger partial charge in [0.2, 0.25) is 5.91 Å². The number of quaternary nitrogens is 1. The predicted molar refractivity (Wildman–Crippen MR) is 107 cm³/mol. The van der Waals surface area contributed by atoms with E-state index < -0.39 is 0 Å². The zero-order valence-corrected chi connectivity index (χ0v) is 16.7. The number of carbonyl (C=O) groups excluding carboxylic acids is 2. The molecule has 2 N–H and O–H groups in total. The maximum Gasteiger partial charge on any atom is 0.266 e. The molecule has 3 rings (SSSR count). The van der Waals surface area contributed by atoms with Crippen molar-refractivity contribution in [3.8, 4) is 0 Å². The molecule has 0 aromatic carbocycles. The van der Waals surface area contributed by atoms with E-state index >= 15 is 0 Å². The molecule has 0 spiro atoms. The minimum atomic E-state index is -0.176. The van der Waals surface area contributed by atoms with E-state index in [0.717, 1.165) is 39.3 Å². The first kappa shape index (κ1) is 20.1. The second-order valence-electron chi connectivity index (χ2n) is 6.41. The van der Waals surface area contributed by atoms with Gasteiger partial charge in [0.1, 0.15) is 23.2 Å². The number of amides is 2. The van der Waals surface area contributed by atoms with Crippen molar-refractivity contribution in [2.24, 2.45) is 0 Å². The molecule has 27 heavy (non-hydrogen) atoms. The van der Waals surface area contributed by atoms with Gasteiger partial charge in [-0.3, -0.25) is 14.5 Å². The topological polar surface area (TPSA) is 76.2 Å². The van der Waals surface area contributed by atoms with E-state index in [4.69, 9.17) is 21.4 Å². The van der Waals surface area contributed by atoms with Gasteiger partial charge < -0.3 is 19.4 Å². The molecule has 3 heterocycles. The molecule has 0 atom stereocenters. The Morgan fingerprint density at radius 1 is 1.41 bits per heavy atom. The molecular weight excluding hydrogens is 386 g/mol. The zero-order valence-electron chi connectivity index (χ0n) is 15.1. The van der Waals surface area contributed by atoms with Gasteiger partial charge in [0.15, 0.2) is 0 Å². The minimum absolute atomic E-state index is 0.0592. The highest BCUT2D eigenvalue weighted by Gasteiger charge is 2.32. The molecular formula is C18H24N3O4S2+. The fourth-order valence-corrected chi connectivity index (χ4v) is 4.26. The Morgan fingerprint density at radius 3 is 2.96 bits per heavy atom. The van der Waals surface area contributed by atoms with Crippen LogP contribution < -0.4 is 10.2 Å². The average Bonchev–Trinajstić information content (AvgIpc) is 3.27. The fourth-order valence-electron chi connectivity index (χ4n) is 2.97. The summed E-state index contributed by atoms with van der Waals surface area (Å²) in [5.41, 5.74) is 0. The van der Waals surface area contributed by atoms with Gasteiger partial charge >= 0.3 is 0 Å². The third-order valence-corrected chi connectivity index (χ3v) is 5.86. The van der Waals surface area contributed by atoms with E-state index in [-0.39, 0.29) is 18.2 Å². The lowest BCUT2D eigenvalue weighted by Crippen LogP contribution is -3.14. The van der Waals surface area contributed by atoms with Crippen molar-refractivity contribution < 1.29 is 23.6 Å². The molecule has 1 aromatic rings. The molecule has 0 unspecified atom stereocenters. The van der Waals surface area contributed by atoms with E-state index in [1.807, 2.05) is 0 Å². The van der Waals surface area contributed by atoms with Crippen LogP contribution in [0.1, 0.15) is 18.6 Å². The standard InChI is InChI=1S/C18H23N3O4S2/c22-16(19-5-2-6-20-8-11-24-12-9-20)4-7-21-17(23)15(27-18(21)26)13-14-3-1-10-25-14/h1,3,10,13H,2,4-9,11-12H2,(H,19,22)/p+1/b15-13+. The monoisotopic (exact) mass is 410 g/mol. The number of thioether (sulfide) groups is 1. The maximum atomic E-state index is 12.5. The number of rotatable bonds is 8. The number of furan rings is 1. The summed E-state index contributed by atoms with van der Waals surface area (Å²) in [5, 5.41) is 2.92. The van der Waals surface area contributed by atoms with Crippen molar-refractivity contribution in [3.63, 3.8) is 0 Å². The van der Waals surface area contributed by atoms with Gasteiger partial charge in [-0.2, -0.15) is 0 Å². The largest absolute Gasteiger partial charge is 0.465 e. The van der Waals surface area contributed by atoms with Gasteiger partial charge in [-0.05, 0) is 12.1 Å². The first-order valence-electron chi connectivity index (χ1n) is 9.10. The normalized spacial score (nSPS) is 19.9. The minimum Gasteiger partial charge on any atom is -0.465 e. The van der Waals surface area contributed by atoms with Crippen molar-refractivity contribution >= 4 is 46.2 Å². The SMILES string of the molecule is O=C(CCN1C(=O)/C(=C\c2ccco2)SC1=S)NCCC[NH+]1CCOCC1. The summed E-state index contributed by atoms with van der Waals surface area (Å²) in [7, 11) is 0. The van der Waals surface area contributed by atoms with Crippen LogP contribution in [0.4, 0.5) is 0 Å². The van der Waals surface area contributed by atoms with Gasteiger partial charge in [0.05, 0.1) is 30.9 Å². The molecule has 2 aliphatic heterocycles. The number of hydrogen-bond acceptors (Lipinski definition) is 6. The summed E-state index contributed by atoms with van der Waals surface area (Å²) >= 11 is 6.51. The van der Waals surface area contributed by atoms with Crippen LogP contribution in [0, 0.1) is 0 Å². The average molecular weight is 411 g/mol. The molecule has 146 valence electrons. The lowest BCUT2D eigenvalue weighted by atomic mass is 10.3. The van der Waals surface area contributed by atoms with Crippen LogP contribution in [0.25, 0.3) is 6.08 Å². The number of morpholine rings is 1. The Balaban J connectivity index is 1.37. The van der Waals surface area contributed by atoms with Gasteiger partial charge in [-0.15, -0.1) is 0 Å². The number of thiocarbonyl (C=S) groups is 1. The fraction of sp³-hybridized carbons (Fsp3) is 0.500. The second-order valence-corrected chi connectivity index (χ2v) is 8.09. The van der Waals surface area contributed by atoms with Crippen LogP contribution in [-0.4, -0.2) is 67.0 Å². The highest BCUT2D eigenvalue weighted by atomic mass is 32.2. The molecule has 0 radical (unpaired) electrons. The van der Waals surface area contributed by atoms with Crippen molar-refractivity contribution in [1.29, 1.82) is 0 Å². The van der Waals surface area contributed by atoms with E-state index in [0.29, 0.717) is 28.1 Å².